The quantitative estimate of drug-likeness (QED) is 0.592. The van der Waals surface area contributed by atoms with Gasteiger partial charge in [-0.3, -0.25) is 13.9 Å². The first-order valence-corrected chi connectivity index (χ1v) is 6.87. The van der Waals surface area contributed by atoms with Gasteiger partial charge in [0.2, 0.25) is 0 Å². The van der Waals surface area contributed by atoms with E-state index in [1.807, 2.05) is 0 Å². The molecular formula is C11H15IN2O3. The highest BCUT2D eigenvalue weighted by Crippen LogP contribution is 2.34. The Morgan fingerprint density at radius 2 is 2.24 bits per heavy atom. The van der Waals surface area contributed by atoms with E-state index in [2.05, 4.69) is 29.5 Å². The summed E-state index contributed by atoms with van der Waals surface area (Å²) in [6, 6.07) is 1.40. The molecule has 2 heterocycles. The molecule has 1 aromatic rings. The zero-order chi connectivity index (χ0) is 12.6. The summed E-state index contributed by atoms with van der Waals surface area (Å²) in [5.74, 6) is 0. The van der Waals surface area contributed by atoms with Crippen LogP contribution in [0, 0.1) is 0 Å². The standard InChI is InChI=1S/C11H15IN2O3/c1-3-8-7(12)6-10(17-8)14-5-4-9(15)13(2)11(14)16/h4-5,7-8,10H,3,6H2,1-2H3/t7?,8-,10-/m1/s1. The molecule has 1 unspecified atom stereocenters. The van der Waals surface area contributed by atoms with E-state index in [1.165, 1.54) is 23.9 Å². The topological polar surface area (TPSA) is 53.2 Å². The van der Waals surface area contributed by atoms with Crippen LogP contribution in [0.25, 0.3) is 0 Å². The molecule has 17 heavy (non-hydrogen) atoms. The summed E-state index contributed by atoms with van der Waals surface area (Å²) in [5.41, 5.74) is -0.606. The van der Waals surface area contributed by atoms with Crippen LogP contribution in [0.5, 0.6) is 0 Å². The molecule has 0 bridgehead atoms. The average Bonchev–Trinajstić information content (AvgIpc) is 2.67. The normalized spacial score (nSPS) is 28.5. The second-order valence-electron chi connectivity index (χ2n) is 4.19. The van der Waals surface area contributed by atoms with Crippen LogP contribution >= 0.6 is 22.6 Å². The molecule has 0 aliphatic carbocycles. The van der Waals surface area contributed by atoms with Crippen LogP contribution in [0.1, 0.15) is 26.0 Å². The number of halogens is 1. The lowest BCUT2D eigenvalue weighted by Crippen LogP contribution is -2.38. The van der Waals surface area contributed by atoms with E-state index in [0.717, 1.165) is 17.4 Å². The van der Waals surface area contributed by atoms with Crippen molar-refractivity contribution in [3.63, 3.8) is 0 Å². The van der Waals surface area contributed by atoms with Gasteiger partial charge in [0.05, 0.1) is 6.10 Å². The molecule has 0 amide bonds. The molecular weight excluding hydrogens is 335 g/mol. The number of alkyl halides is 1. The summed E-state index contributed by atoms with van der Waals surface area (Å²) >= 11 is 2.35. The Kier molecular flexibility index (Phi) is 3.72. The second kappa shape index (κ2) is 4.93. The first-order valence-electron chi connectivity index (χ1n) is 5.62. The molecule has 1 aromatic heterocycles. The third-order valence-corrected chi connectivity index (χ3v) is 4.40. The Labute approximate surface area is 113 Å². The lowest BCUT2D eigenvalue weighted by molar-refractivity contribution is -0.00148. The van der Waals surface area contributed by atoms with Crippen molar-refractivity contribution >= 4 is 22.6 Å². The highest BCUT2D eigenvalue weighted by molar-refractivity contribution is 14.1. The van der Waals surface area contributed by atoms with Crippen LogP contribution in [0.2, 0.25) is 0 Å². The first-order chi connectivity index (χ1) is 8.04. The summed E-state index contributed by atoms with van der Waals surface area (Å²) in [4.78, 5) is 23.2. The molecule has 0 N–H and O–H groups in total. The summed E-state index contributed by atoms with van der Waals surface area (Å²) < 4.78 is 8.84. The molecule has 1 saturated heterocycles. The van der Waals surface area contributed by atoms with Gasteiger partial charge in [-0.05, 0) is 6.42 Å². The second-order valence-corrected chi connectivity index (χ2v) is 5.79. The summed E-state index contributed by atoms with van der Waals surface area (Å²) in [6.07, 6.45) is 3.20. The Morgan fingerprint density at radius 3 is 2.82 bits per heavy atom. The molecule has 1 fully saturated rings. The van der Waals surface area contributed by atoms with Gasteiger partial charge in [-0.15, -0.1) is 0 Å². The van der Waals surface area contributed by atoms with Gasteiger partial charge in [0.15, 0.2) is 0 Å². The van der Waals surface area contributed by atoms with Crippen molar-refractivity contribution in [2.75, 3.05) is 0 Å². The molecule has 1 aliphatic heterocycles. The van der Waals surface area contributed by atoms with Crippen molar-refractivity contribution in [3.05, 3.63) is 33.1 Å². The minimum absolute atomic E-state index is 0.185. The maximum absolute atomic E-state index is 11.9. The summed E-state index contributed by atoms with van der Waals surface area (Å²) in [7, 11) is 1.48. The molecule has 94 valence electrons. The third kappa shape index (κ3) is 2.33. The zero-order valence-corrected chi connectivity index (χ0v) is 12.0. The average molecular weight is 350 g/mol. The number of aromatic nitrogens is 2. The van der Waals surface area contributed by atoms with Crippen molar-refractivity contribution < 1.29 is 4.74 Å². The van der Waals surface area contributed by atoms with Gasteiger partial charge in [-0.2, -0.15) is 0 Å². The lowest BCUT2D eigenvalue weighted by atomic mass is 10.2. The van der Waals surface area contributed by atoms with Gasteiger partial charge in [0.1, 0.15) is 6.23 Å². The molecule has 0 aromatic carbocycles. The van der Waals surface area contributed by atoms with Crippen molar-refractivity contribution in [2.24, 2.45) is 7.05 Å². The fourth-order valence-corrected chi connectivity index (χ4v) is 3.14. The highest BCUT2D eigenvalue weighted by Gasteiger charge is 2.33. The van der Waals surface area contributed by atoms with E-state index >= 15 is 0 Å². The van der Waals surface area contributed by atoms with Crippen molar-refractivity contribution in [3.8, 4) is 0 Å². The Hall–Kier alpha value is -0.630. The summed E-state index contributed by atoms with van der Waals surface area (Å²) in [5, 5.41) is 0. The monoisotopic (exact) mass is 350 g/mol. The molecule has 6 heteroatoms. The van der Waals surface area contributed by atoms with E-state index < -0.39 is 0 Å². The third-order valence-electron chi connectivity index (χ3n) is 3.09. The van der Waals surface area contributed by atoms with Crippen LogP contribution < -0.4 is 11.2 Å². The highest BCUT2D eigenvalue weighted by atomic mass is 127. The predicted octanol–water partition coefficient (Wildman–Crippen LogP) is 1.05. The molecule has 5 nitrogen and oxygen atoms in total. The van der Waals surface area contributed by atoms with E-state index in [9.17, 15) is 9.59 Å². The number of hydrogen-bond acceptors (Lipinski definition) is 3. The molecule has 0 spiro atoms. The zero-order valence-electron chi connectivity index (χ0n) is 9.80. The van der Waals surface area contributed by atoms with Crippen LogP contribution in [-0.2, 0) is 11.8 Å². The van der Waals surface area contributed by atoms with Gasteiger partial charge >= 0.3 is 5.69 Å². The van der Waals surface area contributed by atoms with Crippen LogP contribution in [0.4, 0.5) is 0 Å². The molecule has 0 saturated carbocycles. The predicted molar refractivity (Wildman–Crippen MR) is 72.6 cm³/mol. The number of rotatable bonds is 2. The maximum atomic E-state index is 11.9. The molecule has 0 radical (unpaired) electrons. The number of hydrogen-bond donors (Lipinski definition) is 0. The van der Waals surface area contributed by atoms with Crippen LogP contribution in [-0.4, -0.2) is 19.2 Å². The number of nitrogens with zero attached hydrogens (tertiary/aromatic N) is 2. The van der Waals surface area contributed by atoms with E-state index in [0.29, 0.717) is 3.92 Å². The fraction of sp³-hybridized carbons (Fsp3) is 0.636. The molecule has 2 rings (SSSR count). The van der Waals surface area contributed by atoms with Gasteiger partial charge < -0.3 is 4.74 Å². The smallest absolute Gasteiger partial charge is 0.332 e. The minimum Gasteiger partial charge on any atom is -0.354 e. The van der Waals surface area contributed by atoms with Gasteiger partial charge in [-0.1, -0.05) is 29.5 Å². The molecule has 3 atom stereocenters. The van der Waals surface area contributed by atoms with Crippen LogP contribution in [0.3, 0.4) is 0 Å². The van der Waals surface area contributed by atoms with Gasteiger partial charge in [0.25, 0.3) is 5.56 Å². The van der Waals surface area contributed by atoms with Crippen molar-refractivity contribution in [2.45, 2.75) is 36.0 Å². The van der Waals surface area contributed by atoms with Gasteiger partial charge in [-0.25, -0.2) is 4.79 Å². The fourth-order valence-electron chi connectivity index (χ4n) is 2.02. The minimum atomic E-state index is -0.317. The first kappa shape index (κ1) is 12.8. The van der Waals surface area contributed by atoms with Gasteiger partial charge in [0, 0.05) is 29.7 Å². The Bertz CT molecular complexity index is 522. The largest absolute Gasteiger partial charge is 0.354 e. The Balaban J connectivity index is 2.34. The Morgan fingerprint density at radius 1 is 1.53 bits per heavy atom. The maximum Gasteiger partial charge on any atom is 0.332 e. The van der Waals surface area contributed by atoms with E-state index in [-0.39, 0.29) is 23.6 Å². The van der Waals surface area contributed by atoms with Crippen molar-refractivity contribution in [1.29, 1.82) is 0 Å². The van der Waals surface area contributed by atoms with E-state index in [1.54, 1.807) is 0 Å². The molecule has 1 aliphatic rings. The van der Waals surface area contributed by atoms with E-state index in [4.69, 9.17) is 4.74 Å². The summed E-state index contributed by atoms with van der Waals surface area (Å²) in [6.45, 7) is 2.07. The lowest BCUT2D eigenvalue weighted by Gasteiger charge is -2.15. The van der Waals surface area contributed by atoms with Crippen LogP contribution in [0.15, 0.2) is 21.9 Å². The SMILES string of the molecule is CC[C@H]1O[C@@H](n2ccc(=O)n(C)c2=O)CC1I. The van der Waals surface area contributed by atoms with Crippen molar-refractivity contribution in [1.82, 2.24) is 9.13 Å². The number of ether oxygens (including phenoxy) is 1.